The van der Waals surface area contributed by atoms with Crippen LogP contribution in [0.5, 0.6) is 0 Å². The second-order valence-corrected chi connectivity index (χ2v) is 5.31. The molecule has 2 nitrogen and oxygen atoms in total. The van der Waals surface area contributed by atoms with E-state index in [1.54, 1.807) is 0 Å². The molecule has 1 atom stereocenters. The van der Waals surface area contributed by atoms with Crippen LogP contribution in [-0.4, -0.2) is 25.7 Å². The molecule has 0 amide bonds. The minimum Gasteiger partial charge on any atom is -0.315 e. The summed E-state index contributed by atoms with van der Waals surface area (Å²) in [6.45, 7) is 3.20. The van der Waals surface area contributed by atoms with Gasteiger partial charge in [0.25, 0.3) is 0 Å². The Bertz CT molecular complexity index is 362. The summed E-state index contributed by atoms with van der Waals surface area (Å²) in [6.07, 6.45) is 3.59. The fourth-order valence-corrected chi connectivity index (χ4v) is 2.46. The van der Waals surface area contributed by atoms with Gasteiger partial charge in [0, 0.05) is 12.6 Å². The molecule has 1 aromatic rings. The Morgan fingerprint density at radius 2 is 2.18 bits per heavy atom. The van der Waals surface area contributed by atoms with Crippen LogP contribution in [0, 0.1) is 0 Å². The normalized spacial score (nSPS) is 19.8. The van der Waals surface area contributed by atoms with Crippen molar-refractivity contribution in [3.8, 4) is 0 Å². The summed E-state index contributed by atoms with van der Waals surface area (Å²) >= 11 is 11.8. The van der Waals surface area contributed by atoms with Crippen molar-refractivity contribution in [3.63, 3.8) is 0 Å². The van der Waals surface area contributed by atoms with Gasteiger partial charge in [-0.15, -0.1) is 0 Å². The zero-order chi connectivity index (χ0) is 12.1. The van der Waals surface area contributed by atoms with Crippen LogP contribution in [0.25, 0.3) is 0 Å². The first-order chi connectivity index (χ1) is 8.25. The van der Waals surface area contributed by atoms with E-state index < -0.39 is 0 Å². The van der Waals surface area contributed by atoms with Gasteiger partial charge in [-0.05, 0) is 50.0 Å². The highest BCUT2D eigenvalue weighted by molar-refractivity contribution is 6.42. The summed E-state index contributed by atoms with van der Waals surface area (Å²) in [5.41, 5.74) is 1.23. The van der Waals surface area contributed by atoms with Crippen molar-refractivity contribution in [2.24, 2.45) is 0 Å². The molecule has 1 fully saturated rings. The number of hydrogen-bond donors (Lipinski definition) is 2. The van der Waals surface area contributed by atoms with E-state index >= 15 is 0 Å². The molecule has 0 aromatic heterocycles. The van der Waals surface area contributed by atoms with Gasteiger partial charge in [-0.25, -0.2) is 0 Å². The van der Waals surface area contributed by atoms with Gasteiger partial charge in [0.15, 0.2) is 0 Å². The predicted molar refractivity (Wildman–Crippen MR) is 74.1 cm³/mol. The van der Waals surface area contributed by atoms with Crippen molar-refractivity contribution < 1.29 is 0 Å². The molecule has 0 spiro atoms. The summed E-state index contributed by atoms with van der Waals surface area (Å²) < 4.78 is 0. The average Bonchev–Trinajstić information content (AvgIpc) is 2.82. The molecule has 1 aromatic carbocycles. The lowest BCUT2D eigenvalue weighted by Crippen LogP contribution is -2.34. The quantitative estimate of drug-likeness (QED) is 0.806. The third-order valence-electron chi connectivity index (χ3n) is 3.13. The number of nitrogens with one attached hydrogen (secondary N) is 2. The molecule has 4 heteroatoms. The molecular weight excluding hydrogens is 255 g/mol. The monoisotopic (exact) mass is 272 g/mol. The van der Waals surface area contributed by atoms with Gasteiger partial charge in [-0.3, -0.25) is 0 Å². The summed E-state index contributed by atoms with van der Waals surface area (Å²) in [4.78, 5) is 0. The SMILES string of the molecule is Clc1ccc(CCNC[C@@H]2CCCN2)cc1Cl. The van der Waals surface area contributed by atoms with Gasteiger partial charge in [0.1, 0.15) is 0 Å². The van der Waals surface area contributed by atoms with Gasteiger partial charge in [-0.1, -0.05) is 29.3 Å². The van der Waals surface area contributed by atoms with E-state index in [9.17, 15) is 0 Å². The van der Waals surface area contributed by atoms with Crippen LogP contribution in [0.15, 0.2) is 18.2 Å². The number of rotatable bonds is 5. The van der Waals surface area contributed by atoms with Crippen LogP contribution in [0.4, 0.5) is 0 Å². The smallest absolute Gasteiger partial charge is 0.0595 e. The van der Waals surface area contributed by atoms with Crippen LogP contribution >= 0.6 is 23.2 Å². The zero-order valence-electron chi connectivity index (χ0n) is 9.81. The van der Waals surface area contributed by atoms with Crippen molar-refractivity contribution in [1.82, 2.24) is 10.6 Å². The Labute approximate surface area is 113 Å². The Morgan fingerprint density at radius 1 is 1.29 bits per heavy atom. The second kappa shape index (κ2) is 6.60. The number of halogens is 2. The molecule has 0 saturated carbocycles. The van der Waals surface area contributed by atoms with E-state index in [1.165, 1.54) is 24.9 Å². The average molecular weight is 273 g/mol. The summed E-state index contributed by atoms with van der Waals surface area (Å²) in [5.74, 6) is 0. The molecule has 1 heterocycles. The van der Waals surface area contributed by atoms with E-state index in [0.29, 0.717) is 16.1 Å². The molecule has 0 unspecified atom stereocenters. The van der Waals surface area contributed by atoms with Crippen molar-refractivity contribution in [1.29, 1.82) is 0 Å². The highest BCUT2D eigenvalue weighted by Crippen LogP contribution is 2.22. The first kappa shape index (κ1) is 13.2. The van der Waals surface area contributed by atoms with Crippen molar-refractivity contribution in [2.75, 3.05) is 19.6 Å². The maximum Gasteiger partial charge on any atom is 0.0595 e. The standard InChI is InChI=1S/C13H18Cl2N2/c14-12-4-3-10(8-13(12)15)5-7-16-9-11-2-1-6-17-11/h3-4,8,11,16-17H,1-2,5-7,9H2/t11-/m0/s1. The number of hydrogen-bond acceptors (Lipinski definition) is 2. The minimum atomic E-state index is 0.624. The first-order valence-electron chi connectivity index (χ1n) is 6.14. The fraction of sp³-hybridized carbons (Fsp3) is 0.538. The molecule has 17 heavy (non-hydrogen) atoms. The highest BCUT2D eigenvalue weighted by Gasteiger charge is 2.12. The lowest BCUT2D eigenvalue weighted by molar-refractivity contribution is 0.537. The summed E-state index contributed by atoms with van der Waals surface area (Å²) in [6, 6.07) is 6.49. The number of benzene rings is 1. The molecule has 2 N–H and O–H groups in total. The largest absolute Gasteiger partial charge is 0.315 e. The molecular formula is C13H18Cl2N2. The summed E-state index contributed by atoms with van der Waals surface area (Å²) in [7, 11) is 0. The van der Waals surface area contributed by atoms with Crippen LogP contribution in [-0.2, 0) is 6.42 Å². The van der Waals surface area contributed by atoms with Gasteiger partial charge >= 0.3 is 0 Å². The molecule has 94 valence electrons. The minimum absolute atomic E-state index is 0.624. The van der Waals surface area contributed by atoms with E-state index in [2.05, 4.69) is 10.6 Å². The zero-order valence-corrected chi connectivity index (χ0v) is 11.3. The van der Waals surface area contributed by atoms with E-state index in [4.69, 9.17) is 23.2 Å². The Morgan fingerprint density at radius 3 is 2.88 bits per heavy atom. The predicted octanol–water partition coefficient (Wildman–Crippen LogP) is 2.88. The fourth-order valence-electron chi connectivity index (χ4n) is 2.14. The Hall–Kier alpha value is -0.280. The molecule has 2 rings (SSSR count). The van der Waals surface area contributed by atoms with Gasteiger partial charge in [0.05, 0.1) is 10.0 Å². The molecule has 1 aliphatic rings. The van der Waals surface area contributed by atoms with Gasteiger partial charge < -0.3 is 10.6 Å². The van der Waals surface area contributed by atoms with Crippen LogP contribution in [0.1, 0.15) is 18.4 Å². The third-order valence-corrected chi connectivity index (χ3v) is 3.87. The molecule has 1 aliphatic heterocycles. The summed E-state index contributed by atoms with van der Waals surface area (Å²) in [5, 5.41) is 8.21. The van der Waals surface area contributed by atoms with Gasteiger partial charge in [-0.2, -0.15) is 0 Å². The molecule has 1 saturated heterocycles. The lowest BCUT2D eigenvalue weighted by Gasteiger charge is -2.11. The Kier molecular flexibility index (Phi) is 5.11. The molecule has 0 aliphatic carbocycles. The lowest BCUT2D eigenvalue weighted by atomic mass is 10.1. The van der Waals surface area contributed by atoms with Crippen molar-refractivity contribution in [3.05, 3.63) is 33.8 Å². The van der Waals surface area contributed by atoms with E-state index in [1.807, 2.05) is 18.2 Å². The van der Waals surface area contributed by atoms with Gasteiger partial charge in [0.2, 0.25) is 0 Å². The second-order valence-electron chi connectivity index (χ2n) is 4.50. The van der Waals surface area contributed by atoms with Crippen LogP contribution in [0.2, 0.25) is 10.0 Å². The van der Waals surface area contributed by atoms with E-state index in [0.717, 1.165) is 19.5 Å². The van der Waals surface area contributed by atoms with E-state index in [-0.39, 0.29) is 0 Å². The van der Waals surface area contributed by atoms with Crippen molar-refractivity contribution >= 4 is 23.2 Å². The van der Waals surface area contributed by atoms with Crippen molar-refractivity contribution in [2.45, 2.75) is 25.3 Å². The van der Waals surface area contributed by atoms with Crippen LogP contribution in [0.3, 0.4) is 0 Å². The molecule has 0 radical (unpaired) electrons. The third kappa shape index (κ3) is 4.14. The van der Waals surface area contributed by atoms with Crippen LogP contribution < -0.4 is 10.6 Å². The Balaban J connectivity index is 1.68. The topological polar surface area (TPSA) is 24.1 Å². The highest BCUT2D eigenvalue weighted by atomic mass is 35.5. The maximum absolute atomic E-state index is 5.97. The first-order valence-corrected chi connectivity index (χ1v) is 6.89. The maximum atomic E-state index is 5.97. The molecule has 0 bridgehead atoms.